The topological polar surface area (TPSA) is 130 Å². The van der Waals surface area contributed by atoms with Gasteiger partial charge in [0.05, 0.1) is 17.1 Å². The number of H-pyrrole nitrogens is 1. The van der Waals surface area contributed by atoms with E-state index in [1.54, 1.807) is 6.92 Å². The summed E-state index contributed by atoms with van der Waals surface area (Å²) in [7, 11) is -2.01. The monoisotopic (exact) mass is 261 g/mol. The summed E-state index contributed by atoms with van der Waals surface area (Å²) < 4.78 is 24.3. The van der Waals surface area contributed by atoms with E-state index in [1.807, 2.05) is 0 Å². The molecule has 1 rings (SSSR count). The van der Waals surface area contributed by atoms with Gasteiger partial charge >= 0.3 is 0 Å². The second-order valence-corrected chi connectivity index (χ2v) is 5.44. The molecule has 0 spiro atoms. The third-order valence-electron chi connectivity index (χ3n) is 2.18. The molecule has 1 heterocycles. The van der Waals surface area contributed by atoms with Gasteiger partial charge in [0.25, 0.3) is 5.91 Å². The Morgan fingerprint density at radius 3 is 2.65 bits per heavy atom. The molecule has 0 aliphatic heterocycles. The fraction of sp³-hybridized carbons (Fsp3) is 0.500. The number of aryl methyl sites for hydroxylation is 1. The molecule has 1 aromatic rings. The number of nitrogens with zero attached hydrogens (tertiary/aromatic N) is 1. The predicted octanol–water partition coefficient (Wildman–Crippen LogP) is -1.42. The van der Waals surface area contributed by atoms with Crippen LogP contribution in [0.2, 0.25) is 0 Å². The number of carbonyl (C=O) groups is 1. The van der Waals surface area contributed by atoms with E-state index >= 15 is 0 Å². The summed E-state index contributed by atoms with van der Waals surface area (Å²) in [6, 6.07) is 0. The number of hydrogen-bond donors (Lipinski definition) is 4. The molecular weight excluding hydrogens is 246 g/mol. The predicted molar refractivity (Wildman–Crippen MR) is 62.9 cm³/mol. The summed E-state index contributed by atoms with van der Waals surface area (Å²) >= 11 is 0. The van der Waals surface area contributed by atoms with Gasteiger partial charge in [-0.05, 0) is 14.0 Å². The molecule has 0 saturated heterocycles. The molecule has 96 valence electrons. The van der Waals surface area contributed by atoms with Crippen molar-refractivity contribution in [3.05, 3.63) is 11.4 Å². The number of hydrogen-bond acceptors (Lipinski definition) is 5. The molecule has 0 fully saturated rings. The van der Waals surface area contributed by atoms with E-state index in [4.69, 9.17) is 5.73 Å². The van der Waals surface area contributed by atoms with Crippen molar-refractivity contribution in [3.63, 3.8) is 0 Å². The zero-order valence-corrected chi connectivity index (χ0v) is 10.4. The highest BCUT2D eigenvalue weighted by molar-refractivity contribution is 7.89. The van der Waals surface area contributed by atoms with Crippen LogP contribution < -0.4 is 15.8 Å². The van der Waals surface area contributed by atoms with Crippen molar-refractivity contribution < 1.29 is 13.2 Å². The minimum absolute atomic E-state index is 0.00659. The summed E-state index contributed by atoms with van der Waals surface area (Å²) in [6.45, 7) is 1.68. The average Bonchev–Trinajstić information content (AvgIpc) is 2.59. The van der Waals surface area contributed by atoms with Crippen molar-refractivity contribution in [1.29, 1.82) is 0 Å². The summed E-state index contributed by atoms with van der Waals surface area (Å²) in [5, 5.41) is 8.72. The Bertz CT molecular complexity index is 507. The lowest BCUT2D eigenvalue weighted by molar-refractivity contribution is 0.0952. The largest absolute Gasteiger partial charge is 0.395 e. The van der Waals surface area contributed by atoms with E-state index in [-0.39, 0.29) is 23.7 Å². The maximum Gasteiger partial charge on any atom is 0.273 e. The van der Waals surface area contributed by atoms with Crippen molar-refractivity contribution in [3.8, 4) is 0 Å². The number of aromatic amines is 1. The maximum absolute atomic E-state index is 11.6. The van der Waals surface area contributed by atoms with Crippen molar-refractivity contribution in [1.82, 2.24) is 20.2 Å². The first-order valence-electron chi connectivity index (χ1n) is 4.87. The Morgan fingerprint density at radius 1 is 1.53 bits per heavy atom. The van der Waals surface area contributed by atoms with Crippen molar-refractivity contribution in [2.45, 2.75) is 6.92 Å². The molecule has 0 aliphatic carbocycles. The zero-order chi connectivity index (χ0) is 13.1. The van der Waals surface area contributed by atoms with Crippen LogP contribution in [-0.4, -0.2) is 43.9 Å². The Balaban J connectivity index is 2.54. The van der Waals surface area contributed by atoms with Gasteiger partial charge < -0.3 is 11.1 Å². The quantitative estimate of drug-likeness (QED) is 0.517. The van der Waals surface area contributed by atoms with Crippen molar-refractivity contribution >= 4 is 21.6 Å². The highest BCUT2D eigenvalue weighted by Gasteiger charge is 2.15. The fourth-order valence-corrected chi connectivity index (χ4v) is 1.67. The van der Waals surface area contributed by atoms with Gasteiger partial charge in [0.15, 0.2) is 5.69 Å². The van der Waals surface area contributed by atoms with E-state index < -0.39 is 15.9 Å². The molecule has 0 atom stereocenters. The van der Waals surface area contributed by atoms with E-state index in [0.29, 0.717) is 5.69 Å². The number of nitrogens with two attached hydrogens (primary N) is 1. The summed E-state index contributed by atoms with van der Waals surface area (Å²) in [6.07, 6.45) is 0. The van der Waals surface area contributed by atoms with Crippen LogP contribution in [0.1, 0.15) is 16.2 Å². The number of amides is 1. The highest BCUT2D eigenvalue weighted by Crippen LogP contribution is 2.11. The smallest absolute Gasteiger partial charge is 0.273 e. The van der Waals surface area contributed by atoms with Crippen LogP contribution in [0.3, 0.4) is 0 Å². The number of nitrogens with one attached hydrogen (secondary N) is 3. The number of sulfonamides is 1. The van der Waals surface area contributed by atoms with Gasteiger partial charge in [0, 0.05) is 6.54 Å². The number of carbonyl (C=O) groups excluding carboxylic acids is 1. The van der Waals surface area contributed by atoms with Crippen LogP contribution >= 0.6 is 0 Å². The molecule has 0 bridgehead atoms. The zero-order valence-electron chi connectivity index (χ0n) is 9.57. The third kappa shape index (κ3) is 3.43. The van der Waals surface area contributed by atoms with E-state index in [1.165, 1.54) is 7.05 Å². The Labute approximate surface area is 99.0 Å². The van der Waals surface area contributed by atoms with Gasteiger partial charge in [-0.2, -0.15) is 5.10 Å². The molecule has 1 aromatic heterocycles. The molecule has 0 unspecified atom stereocenters. The van der Waals surface area contributed by atoms with Crippen LogP contribution in [0.5, 0.6) is 0 Å². The normalized spacial score (nSPS) is 11.4. The van der Waals surface area contributed by atoms with Gasteiger partial charge in [-0.1, -0.05) is 0 Å². The second-order valence-electron chi connectivity index (χ2n) is 3.39. The molecule has 0 aliphatic rings. The molecule has 8 nitrogen and oxygen atoms in total. The van der Waals surface area contributed by atoms with Crippen LogP contribution in [-0.2, 0) is 10.0 Å². The first-order chi connectivity index (χ1) is 7.87. The molecule has 17 heavy (non-hydrogen) atoms. The van der Waals surface area contributed by atoms with Gasteiger partial charge in [-0.3, -0.25) is 9.89 Å². The minimum Gasteiger partial charge on any atom is -0.395 e. The average molecular weight is 261 g/mol. The molecule has 0 radical (unpaired) electrons. The number of nitrogen functional groups attached to an aromatic ring is 1. The Hall–Kier alpha value is -1.61. The van der Waals surface area contributed by atoms with E-state index in [2.05, 4.69) is 20.2 Å². The van der Waals surface area contributed by atoms with Crippen molar-refractivity contribution in [2.24, 2.45) is 0 Å². The van der Waals surface area contributed by atoms with Crippen LogP contribution in [0.4, 0.5) is 5.69 Å². The fourth-order valence-electron chi connectivity index (χ4n) is 1.10. The lowest BCUT2D eigenvalue weighted by atomic mass is 10.3. The summed E-state index contributed by atoms with van der Waals surface area (Å²) in [5.74, 6) is -0.698. The first-order valence-corrected chi connectivity index (χ1v) is 6.52. The molecule has 0 saturated carbocycles. The van der Waals surface area contributed by atoms with Crippen molar-refractivity contribution in [2.75, 3.05) is 25.1 Å². The molecule has 1 amide bonds. The van der Waals surface area contributed by atoms with Crippen LogP contribution in [0.15, 0.2) is 0 Å². The van der Waals surface area contributed by atoms with E-state index in [0.717, 1.165) is 0 Å². The lowest BCUT2D eigenvalue weighted by Crippen LogP contribution is -2.33. The molecule has 9 heteroatoms. The van der Waals surface area contributed by atoms with Crippen LogP contribution in [0.25, 0.3) is 0 Å². The summed E-state index contributed by atoms with van der Waals surface area (Å²) in [4.78, 5) is 11.6. The van der Waals surface area contributed by atoms with Gasteiger partial charge in [-0.15, -0.1) is 0 Å². The second kappa shape index (κ2) is 5.15. The molecule has 0 aromatic carbocycles. The number of aromatic nitrogens is 2. The number of rotatable bonds is 5. The SMILES string of the molecule is CNS(=O)(=O)CCNC(=O)c1n[nH]c(C)c1N. The Morgan fingerprint density at radius 2 is 2.18 bits per heavy atom. The Kier molecular flexibility index (Phi) is 4.07. The third-order valence-corrected chi connectivity index (χ3v) is 3.54. The molecule has 5 N–H and O–H groups in total. The first kappa shape index (κ1) is 13.5. The minimum atomic E-state index is -3.33. The number of anilines is 1. The van der Waals surface area contributed by atoms with Gasteiger partial charge in [0.2, 0.25) is 10.0 Å². The standard InChI is InChI=1S/C8H15N5O3S/c1-5-6(9)7(13-12-5)8(14)11-3-4-17(15,16)10-2/h10H,3-4,9H2,1-2H3,(H,11,14)(H,12,13). The highest BCUT2D eigenvalue weighted by atomic mass is 32.2. The molecular formula is C8H15N5O3S. The maximum atomic E-state index is 11.6. The van der Waals surface area contributed by atoms with Gasteiger partial charge in [0.1, 0.15) is 0 Å². The summed E-state index contributed by atoms with van der Waals surface area (Å²) in [5.41, 5.74) is 6.53. The van der Waals surface area contributed by atoms with Crippen LogP contribution in [0, 0.1) is 6.92 Å². The van der Waals surface area contributed by atoms with Gasteiger partial charge in [-0.25, -0.2) is 13.1 Å². The lowest BCUT2D eigenvalue weighted by Gasteiger charge is -2.04. The van der Waals surface area contributed by atoms with E-state index in [9.17, 15) is 13.2 Å².